The summed E-state index contributed by atoms with van der Waals surface area (Å²) in [5, 5.41) is 13.0. The zero-order chi connectivity index (χ0) is 14.7. The number of nitrogens with one attached hydrogen (secondary N) is 1. The quantitative estimate of drug-likeness (QED) is 0.754. The van der Waals surface area contributed by atoms with Crippen molar-refractivity contribution in [2.75, 3.05) is 6.54 Å². The van der Waals surface area contributed by atoms with Crippen molar-refractivity contribution in [3.8, 4) is 0 Å². The summed E-state index contributed by atoms with van der Waals surface area (Å²) < 4.78 is 0. The molecule has 0 aliphatic rings. The van der Waals surface area contributed by atoms with Crippen LogP contribution in [0, 0.1) is 0 Å². The maximum atomic E-state index is 12.3. The Morgan fingerprint density at radius 2 is 1.84 bits per heavy atom. The van der Waals surface area contributed by atoms with Crippen molar-refractivity contribution in [1.29, 1.82) is 0 Å². The van der Waals surface area contributed by atoms with Gasteiger partial charge in [-0.05, 0) is 52.3 Å². The maximum Gasteiger partial charge on any atom is 0.252 e. The first-order valence-electron chi connectivity index (χ1n) is 6.52. The second-order valence-electron chi connectivity index (χ2n) is 5.83. The number of carbonyl (C=O) groups is 1. The Bertz CT molecular complexity index is 448. The molecule has 0 saturated carbocycles. The normalized spacial score (nSPS) is 12.3. The molecule has 1 aromatic carbocycles. The van der Waals surface area contributed by atoms with E-state index >= 15 is 0 Å². The van der Waals surface area contributed by atoms with Gasteiger partial charge in [0.05, 0.1) is 11.1 Å². The van der Waals surface area contributed by atoms with Crippen LogP contribution in [-0.4, -0.2) is 28.7 Å². The Morgan fingerprint density at radius 3 is 2.37 bits per heavy atom. The van der Waals surface area contributed by atoms with Gasteiger partial charge in [0.2, 0.25) is 0 Å². The van der Waals surface area contributed by atoms with E-state index in [9.17, 15) is 9.90 Å². The Hall–Kier alpha value is -1.39. The lowest BCUT2D eigenvalue weighted by Gasteiger charge is -2.38. The summed E-state index contributed by atoms with van der Waals surface area (Å²) in [6.07, 6.45) is 0.659. The molecule has 0 aromatic heterocycles. The van der Waals surface area contributed by atoms with Gasteiger partial charge in [-0.2, -0.15) is 0 Å². The summed E-state index contributed by atoms with van der Waals surface area (Å²) in [7, 11) is 0. The van der Waals surface area contributed by atoms with E-state index in [4.69, 9.17) is 5.73 Å². The van der Waals surface area contributed by atoms with Crippen LogP contribution >= 0.6 is 0 Å². The third-order valence-electron chi connectivity index (χ3n) is 3.63. The average Bonchev–Trinajstić information content (AvgIpc) is 2.28. The summed E-state index contributed by atoms with van der Waals surface area (Å²) >= 11 is 0. The Kier molecular flexibility index (Phi) is 4.71. The second-order valence-corrected chi connectivity index (χ2v) is 5.83. The molecule has 0 heterocycles. The summed E-state index contributed by atoms with van der Waals surface area (Å²) in [4.78, 5) is 12.3. The molecule has 1 aromatic rings. The van der Waals surface area contributed by atoms with E-state index in [0.717, 1.165) is 5.56 Å². The number of amides is 1. The van der Waals surface area contributed by atoms with E-state index in [0.29, 0.717) is 18.5 Å². The van der Waals surface area contributed by atoms with E-state index in [1.807, 2.05) is 18.2 Å². The van der Waals surface area contributed by atoms with E-state index < -0.39 is 11.1 Å². The lowest BCUT2D eigenvalue weighted by Crippen LogP contribution is -2.57. The van der Waals surface area contributed by atoms with Gasteiger partial charge in [-0.15, -0.1) is 0 Å². The fourth-order valence-electron chi connectivity index (χ4n) is 1.62. The monoisotopic (exact) mass is 264 g/mol. The van der Waals surface area contributed by atoms with Gasteiger partial charge in [-0.25, -0.2) is 0 Å². The summed E-state index contributed by atoms with van der Waals surface area (Å²) in [5.74, 6) is -0.184. The molecule has 0 unspecified atom stereocenters. The van der Waals surface area contributed by atoms with E-state index in [1.54, 1.807) is 33.8 Å². The van der Waals surface area contributed by atoms with Gasteiger partial charge in [0.25, 0.3) is 5.91 Å². The highest BCUT2D eigenvalue weighted by molar-refractivity contribution is 5.96. The van der Waals surface area contributed by atoms with Gasteiger partial charge < -0.3 is 16.2 Å². The van der Waals surface area contributed by atoms with E-state index in [1.165, 1.54) is 0 Å². The molecule has 4 heteroatoms. The van der Waals surface area contributed by atoms with Crippen LogP contribution in [0.4, 0.5) is 0 Å². The van der Waals surface area contributed by atoms with Crippen molar-refractivity contribution < 1.29 is 9.90 Å². The van der Waals surface area contributed by atoms with Gasteiger partial charge in [-0.1, -0.05) is 18.2 Å². The molecule has 0 bridgehead atoms. The standard InChI is InChI=1S/C15H24N2O2/c1-14(2,15(3,4)19)17-13(18)12-8-6-5-7-11(12)9-10-16/h5-8,19H,9-10,16H2,1-4H3,(H,17,18). The molecule has 1 rings (SSSR count). The zero-order valence-electron chi connectivity index (χ0n) is 12.2. The number of hydrogen-bond acceptors (Lipinski definition) is 3. The lowest BCUT2D eigenvalue weighted by atomic mass is 9.85. The van der Waals surface area contributed by atoms with Crippen molar-refractivity contribution in [2.24, 2.45) is 5.73 Å². The topological polar surface area (TPSA) is 75.3 Å². The molecule has 0 aliphatic heterocycles. The first-order valence-corrected chi connectivity index (χ1v) is 6.52. The van der Waals surface area contributed by atoms with Crippen LogP contribution < -0.4 is 11.1 Å². The van der Waals surface area contributed by atoms with Gasteiger partial charge >= 0.3 is 0 Å². The van der Waals surface area contributed by atoms with Crippen molar-refractivity contribution in [1.82, 2.24) is 5.32 Å². The van der Waals surface area contributed by atoms with Crippen molar-refractivity contribution >= 4 is 5.91 Å². The predicted molar refractivity (Wildman–Crippen MR) is 77.0 cm³/mol. The molecule has 0 aliphatic carbocycles. The second kappa shape index (κ2) is 5.72. The van der Waals surface area contributed by atoms with Crippen LogP contribution in [0.2, 0.25) is 0 Å². The molecular formula is C15H24N2O2. The SMILES string of the molecule is CC(C)(O)C(C)(C)NC(=O)c1ccccc1CCN. The molecule has 0 saturated heterocycles. The van der Waals surface area contributed by atoms with Gasteiger partial charge in [-0.3, -0.25) is 4.79 Å². The third-order valence-corrected chi connectivity index (χ3v) is 3.63. The number of rotatable bonds is 5. The highest BCUT2D eigenvalue weighted by Gasteiger charge is 2.36. The molecule has 4 nitrogen and oxygen atoms in total. The average molecular weight is 264 g/mol. The predicted octanol–water partition coefficient (Wildman–Crippen LogP) is 1.47. The molecule has 0 fully saturated rings. The molecule has 0 spiro atoms. The minimum absolute atomic E-state index is 0.184. The molecule has 106 valence electrons. The summed E-state index contributed by atoms with van der Waals surface area (Å²) in [6, 6.07) is 7.40. The van der Waals surface area contributed by atoms with Gasteiger partial charge in [0.15, 0.2) is 0 Å². The maximum absolute atomic E-state index is 12.3. The molecule has 4 N–H and O–H groups in total. The van der Waals surface area contributed by atoms with Crippen molar-refractivity contribution in [2.45, 2.75) is 45.3 Å². The number of aliphatic hydroxyl groups is 1. The largest absolute Gasteiger partial charge is 0.388 e. The van der Waals surface area contributed by atoms with E-state index in [-0.39, 0.29) is 5.91 Å². The van der Waals surface area contributed by atoms with Gasteiger partial charge in [0, 0.05) is 5.56 Å². The fourth-order valence-corrected chi connectivity index (χ4v) is 1.62. The smallest absolute Gasteiger partial charge is 0.252 e. The van der Waals surface area contributed by atoms with Crippen molar-refractivity contribution in [3.63, 3.8) is 0 Å². The van der Waals surface area contributed by atoms with E-state index in [2.05, 4.69) is 5.32 Å². The summed E-state index contributed by atoms with van der Waals surface area (Å²) in [5.41, 5.74) is 5.36. The van der Waals surface area contributed by atoms with Gasteiger partial charge in [0.1, 0.15) is 0 Å². The Morgan fingerprint density at radius 1 is 1.26 bits per heavy atom. The lowest BCUT2D eigenvalue weighted by molar-refractivity contribution is -0.00294. The molecule has 19 heavy (non-hydrogen) atoms. The van der Waals surface area contributed by atoms with Crippen LogP contribution in [0.1, 0.15) is 43.6 Å². The highest BCUT2D eigenvalue weighted by atomic mass is 16.3. The molecule has 1 amide bonds. The number of nitrogens with two attached hydrogens (primary N) is 1. The minimum atomic E-state index is -1.01. The minimum Gasteiger partial charge on any atom is -0.388 e. The van der Waals surface area contributed by atoms with Crippen LogP contribution in [0.5, 0.6) is 0 Å². The first kappa shape index (κ1) is 15.7. The van der Waals surface area contributed by atoms with Crippen molar-refractivity contribution in [3.05, 3.63) is 35.4 Å². The zero-order valence-corrected chi connectivity index (χ0v) is 12.2. The molecule has 0 atom stereocenters. The first-order chi connectivity index (χ1) is 8.69. The number of carbonyl (C=O) groups excluding carboxylic acids is 1. The van der Waals surface area contributed by atoms with Crippen LogP contribution in [-0.2, 0) is 6.42 Å². The third kappa shape index (κ3) is 3.78. The highest BCUT2D eigenvalue weighted by Crippen LogP contribution is 2.21. The van der Waals surface area contributed by atoms with Crippen LogP contribution in [0.25, 0.3) is 0 Å². The van der Waals surface area contributed by atoms with Crippen LogP contribution in [0.15, 0.2) is 24.3 Å². The molecule has 0 radical (unpaired) electrons. The number of benzene rings is 1. The summed E-state index contributed by atoms with van der Waals surface area (Å²) in [6.45, 7) is 7.46. The number of hydrogen-bond donors (Lipinski definition) is 3. The Balaban J connectivity index is 2.96. The molecular weight excluding hydrogens is 240 g/mol. The fraction of sp³-hybridized carbons (Fsp3) is 0.533. The van der Waals surface area contributed by atoms with Crippen LogP contribution in [0.3, 0.4) is 0 Å². The Labute approximate surface area is 115 Å².